The van der Waals surface area contributed by atoms with Crippen molar-refractivity contribution in [3.63, 3.8) is 0 Å². The van der Waals surface area contributed by atoms with Crippen LogP contribution < -0.4 is 4.90 Å². The Balaban J connectivity index is 2.41. The molecule has 1 aromatic carbocycles. The summed E-state index contributed by atoms with van der Waals surface area (Å²) in [6.45, 7) is 0.998. The fraction of sp³-hybridized carbons (Fsp3) is 0.308. The number of anilines is 1. The maximum absolute atomic E-state index is 9.03. The molecule has 0 aliphatic heterocycles. The van der Waals surface area contributed by atoms with Crippen molar-refractivity contribution in [2.24, 2.45) is 0 Å². The molecule has 0 saturated heterocycles. The van der Waals surface area contributed by atoms with Gasteiger partial charge in [-0.1, -0.05) is 12.1 Å². The summed E-state index contributed by atoms with van der Waals surface area (Å²) < 4.78 is 0.940. The first-order chi connectivity index (χ1) is 8.76. The second-order valence-electron chi connectivity index (χ2n) is 3.92. The van der Waals surface area contributed by atoms with Gasteiger partial charge in [-0.05, 0) is 34.1 Å². The van der Waals surface area contributed by atoms with Gasteiger partial charge in [-0.2, -0.15) is 0 Å². The van der Waals surface area contributed by atoms with Crippen LogP contribution in [-0.4, -0.2) is 41.5 Å². The molecule has 0 saturated carbocycles. The number of rotatable bonds is 5. The minimum atomic E-state index is 0.0374. The summed E-state index contributed by atoms with van der Waals surface area (Å²) in [6, 6.07) is 9.80. The van der Waals surface area contributed by atoms with Crippen LogP contribution >= 0.6 is 15.9 Å². The molecule has 2 N–H and O–H groups in total. The number of benzene rings is 1. The van der Waals surface area contributed by atoms with E-state index in [0.29, 0.717) is 13.1 Å². The molecule has 0 fully saturated rings. The Morgan fingerprint density at radius 2 is 1.78 bits per heavy atom. The van der Waals surface area contributed by atoms with Gasteiger partial charge >= 0.3 is 0 Å². The largest absolute Gasteiger partial charge is 0.395 e. The Labute approximate surface area is 114 Å². The minimum Gasteiger partial charge on any atom is -0.395 e. The molecule has 2 aromatic rings. The maximum atomic E-state index is 9.03. The van der Waals surface area contributed by atoms with Crippen molar-refractivity contribution in [2.45, 2.75) is 0 Å². The summed E-state index contributed by atoms with van der Waals surface area (Å²) >= 11 is 3.48. The number of aliphatic hydroxyl groups excluding tert-OH is 2. The van der Waals surface area contributed by atoms with Crippen LogP contribution in [0.4, 0.5) is 5.82 Å². The first-order valence-corrected chi connectivity index (χ1v) is 6.57. The molecule has 1 heterocycles. The third kappa shape index (κ3) is 2.80. The summed E-state index contributed by atoms with van der Waals surface area (Å²) in [6.07, 6.45) is 0. The molecule has 0 spiro atoms. The smallest absolute Gasteiger partial charge is 0.129 e. The fourth-order valence-electron chi connectivity index (χ4n) is 1.86. The van der Waals surface area contributed by atoms with Gasteiger partial charge in [-0.3, -0.25) is 0 Å². The molecule has 0 amide bonds. The lowest BCUT2D eigenvalue weighted by molar-refractivity contribution is 0.280. The van der Waals surface area contributed by atoms with Gasteiger partial charge in [0.2, 0.25) is 0 Å². The van der Waals surface area contributed by atoms with E-state index < -0.39 is 0 Å². The van der Waals surface area contributed by atoms with Gasteiger partial charge in [0.05, 0.1) is 18.7 Å². The Hall–Kier alpha value is -1.17. The van der Waals surface area contributed by atoms with Crippen molar-refractivity contribution in [1.82, 2.24) is 4.98 Å². The molecule has 4 nitrogen and oxygen atoms in total. The van der Waals surface area contributed by atoms with E-state index in [9.17, 15) is 0 Å². The normalized spacial score (nSPS) is 10.8. The van der Waals surface area contributed by atoms with Crippen LogP contribution in [-0.2, 0) is 0 Å². The molecular weight excluding hydrogens is 296 g/mol. The number of hydrogen-bond donors (Lipinski definition) is 2. The second kappa shape index (κ2) is 6.13. The maximum Gasteiger partial charge on any atom is 0.129 e. The first-order valence-electron chi connectivity index (χ1n) is 5.78. The third-order valence-corrected chi connectivity index (χ3v) is 3.36. The van der Waals surface area contributed by atoms with Crippen LogP contribution in [0.2, 0.25) is 0 Å². The van der Waals surface area contributed by atoms with E-state index in [-0.39, 0.29) is 13.2 Å². The van der Waals surface area contributed by atoms with Crippen LogP contribution in [0, 0.1) is 0 Å². The minimum absolute atomic E-state index is 0.0374. The average Bonchev–Trinajstić information content (AvgIpc) is 2.39. The molecule has 0 unspecified atom stereocenters. The molecule has 2 rings (SSSR count). The van der Waals surface area contributed by atoms with Crippen LogP contribution in [0.15, 0.2) is 34.8 Å². The van der Waals surface area contributed by atoms with Gasteiger partial charge in [0, 0.05) is 22.9 Å². The molecule has 5 heteroatoms. The van der Waals surface area contributed by atoms with Crippen LogP contribution in [0.25, 0.3) is 10.9 Å². The number of hydrogen-bond acceptors (Lipinski definition) is 4. The Kier molecular flexibility index (Phi) is 4.52. The molecule has 0 bridgehead atoms. The average molecular weight is 311 g/mol. The van der Waals surface area contributed by atoms with Crippen molar-refractivity contribution in [3.05, 3.63) is 34.8 Å². The third-order valence-electron chi connectivity index (χ3n) is 2.72. The van der Waals surface area contributed by atoms with Crippen molar-refractivity contribution < 1.29 is 10.2 Å². The van der Waals surface area contributed by atoms with Gasteiger partial charge in [0.1, 0.15) is 5.82 Å². The highest BCUT2D eigenvalue weighted by Gasteiger charge is 2.08. The number of nitrogens with zero attached hydrogens (tertiary/aromatic N) is 2. The summed E-state index contributed by atoms with van der Waals surface area (Å²) in [7, 11) is 0. The van der Waals surface area contributed by atoms with Crippen LogP contribution in [0.1, 0.15) is 0 Å². The lowest BCUT2D eigenvalue weighted by Crippen LogP contribution is -2.30. The van der Waals surface area contributed by atoms with Crippen molar-refractivity contribution >= 4 is 32.7 Å². The topological polar surface area (TPSA) is 56.6 Å². The standard InChI is InChI=1S/C13H15BrN2O2/c14-11-3-1-2-10-4-5-12(15-13(10)11)16(6-8-17)7-9-18/h1-5,17-18H,6-9H2. The van der Waals surface area contributed by atoms with Crippen LogP contribution in [0.3, 0.4) is 0 Å². The SMILES string of the molecule is OCCN(CCO)c1ccc2cccc(Br)c2n1. The molecule has 0 atom stereocenters. The zero-order chi connectivity index (χ0) is 13.0. The zero-order valence-electron chi connectivity index (χ0n) is 9.88. The van der Waals surface area contributed by atoms with E-state index in [1.165, 1.54) is 0 Å². The summed E-state index contributed by atoms with van der Waals surface area (Å²) in [5.74, 6) is 0.762. The Bertz CT molecular complexity index is 527. The van der Waals surface area contributed by atoms with Gasteiger partial charge < -0.3 is 15.1 Å². The Morgan fingerprint density at radius 1 is 1.06 bits per heavy atom. The van der Waals surface area contributed by atoms with Gasteiger partial charge in [-0.15, -0.1) is 0 Å². The molecule has 0 aliphatic rings. The monoisotopic (exact) mass is 310 g/mol. The van der Waals surface area contributed by atoms with E-state index in [1.54, 1.807) is 0 Å². The van der Waals surface area contributed by atoms with E-state index in [4.69, 9.17) is 10.2 Å². The highest BCUT2D eigenvalue weighted by Crippen LogP contribution is 2.24. The van der Waals surface area contributed by atoms with Crippen molar-refractivity contribution in [2.75, 3.05) is 31.2 Å². The lowest BCUT2D eigenvalue weighted by Gasteiger charge is -2.22. The quantitative estimate of drug-likeness (QED) is 0.884. The first kappa shape index (κ1) is 13.3. The predicted octanol–water partition coefficient (Wildman–Crippen LogP) is 1.79. The zero-order valence-corrected chi connectivity index (χ0v) is 11.5. The van der Waals surface area contributed by atoms with Gasteiger partial charge in [0.15, 0.2) is 0 Å². The number of fused-ring (bicyclic) bond motifs is 1. The summed E-state index contributed by atoms with van der Waals surface area (Å²) in [4.78, 5) is 6.43. The summed E-state index contributed by atoms with van der Waals surface area (Å²) in [5.41, 5.74) is 0.885. The molecule has 1 aromatic heterocycles. The van der Waals surface area contributed by atoms with Crippen molar-refractivity contribution in [3.8, 4) is 0 Å². The van der Waals surface area contributed by atoms with Crippen LogP contribution in [0.5, 0.6) is 0 Å². The molecule has 0 aliphatic carbocycles. The van der Waals surface area contributed by atoms with E-state index >= 15 is 0 Å². The van der Waals surface area contributed by atoms with Gasteiger partial charge in [-0.25, -0.2) is 4.98 Å². The Morgan fingerprint density at radius 3 is 2.44 bits per heavy atom. The molecule has 0 radical (unpaired) electrons. The summed E-state index contributed by atoms with van der Waals surface area (Å²) in [5, 5.41) is 19.1. The van der Waals surface area contributed by atoms with Crippen molar-refractivity contribution in [1.29, 1.82) is 0 Å². The number of pyridine rings is 1. The highest BCUT2D eigenvalue weighted by molar-refractivity contribution is 9.10. The number of para-hydroxylation sites is 1. The lowest BCUT2D eigenvalue weighted by atomic mass is 10.2. The number of aliphatic hydroxyl groups is 2. The van der Waals surface area contributed by atoms with Gasteiger partial charge in [0.25, 0.3) is 0 Å². The molecule has 18 heavy (non-hydrogen) atoms. The van der Waals surface area contributed by atoms with E-state index in [1.807, 2.05) is 35.2 Å². The number of halogens is 1. The fourth-order valence-corrected chi connectivity index (χ4v) is 2.33. The highest BCUT2D eigenvalue weighted by atomic mass is 79.9. The number of aromatic nitrogens is 1. The van der Waals surface area contributed by atoms with E-state index in [2.05, 4.69) is 20.9 Å². The van der Waals surface area contributed by atoms with E-state index in [0.717, 1.165) is 21.2 Å². The molecule has 96 valence electrons. The predicted molar refractivity (Wildman–Crippen MR) is 75.8 cm³/mol. The second-order valence-corrected chi connectivity index (χ2v) is 4.77. The molecular formula is C13H15BrN2O2.